The van der Waals surface area contributed by atoms with E-state index in [1.807, 2.05) is 6.07 Å². The van der Waals surface area contributed by atoms with Gasteiger partial charge in [-0.25, -0.2) is 4.39 Å². The predicted octanol–water partition coefficient (Wildman–Crippen LogP) is 4.30. The maximum absolute atomic E-state index is 13.1. The Labute approximate surface area is 118 Å². The van der Waals surface area contributed by atoms with Crippen molar-refractivity contribution in [2.75, 3.05) is 0 Å². The predicted molar refractivity (Wildman–Crippen MR) is 66.9 cm³/mol. The second-order valence-electron chi connectivity index (χ2n) is 4.24. The molecule has 0 saturated heterocycles. The molecule has 0 aliphatic rings. The molecule has 2 rings (SSSR count). The van der Waals surface area contributed by atoms with Crippen molar-refractivity contribution in [1.82, 2.24) is 0 Å². The van der Waals surface area contributed by atoms with E-state index in [-0.39, 0.29) is 12.4 Å². The number of alkyl halides is 3. The number of hydrogen-bond acceptors (Lipinski definition) is 2. The highest BCUT2D eigenvalue weighted by Crippen LogP contribution is 2.33. The molecular weight excluding hydrogens is 286 g/mol. The molecule has 0 radical (unpaired) electrons. The molecule has 6 heteroatoms. The second-order valence-corrected chi connectivity index (χ2v) is 4.24. The van der Waals surface area contributed by atoms with Crippen molar-refractivity contribution in [1.29, 1.82) is 5.26 Å². The van der Waals surface area contributed by atoms with Crippen molar-refractivity contribution in [3.63, 3.8) is 0 Å². The smallest absolute Gasteiger partial charge is 0.419 e. The Morgan fingerprint density at radius 3 is 2.29 bits per heavy atom. The summed E-state index contributed by atoms with van der Waals surface area (Å²) in [4.78, 5) is 0. The zero-order chi connectivity index (χ0) is 15.5. The van der Waals surface area contributed by atoms with Crippen molar-refractivity contribution in [3.8, 4) is 11.8 Å². The number of ether oxygens (including phenoxy) is 1. The van der Waals surface area contributed by atoms with E-state index in [9.17, 15) is 17.6 Å². The van der Waals surface area contributed by atoms with Crippen molar-refractivity contribution in [3.05, 3.63) is 65.0 Å². The minimum atomic E-state index is -4.77. The fraction of sp³-hybridized carbons (Fsp3) is 0.133. The SMILES string of the molecule is N#Cc1ccc(COc2ccc(F)c(C(F)(F)F)c2)cc1. The van der Waals surface area contributed by atoms with Crippen LogP contribution in [0.4, 0.5) is 17.6 Å². The lowest BCUT2D eigenvalue weighted by molar-refractivity contribution is -0.140. The van der Waals surface area contributed by atoms with Crippen LogP contribution in [0, 0.1) is 17.1 Å². The molecule has 0 aliphatic carbocycles. The van der Waals surface area contributed by atoms with Gasteiger partial charge < -0.3 is 4.74 Å². The van der Waals surface area contributed by atoms with E-state index in [1.165, 1.54) is 0 Å². The summed E-state index contributed by atoms with van der Waals surface area (Å²) in [6.45, 7) is 0.0225. The molecule has 2 aromatic carbocycles. The van der Waals surface area contributed by atoms with Gasteiger partial charge in [-0.3, -0.25) is 0 Å². The highest BCUT2D eigenvalue weighted by Gasteiger charge is 2.34. The lowest BCUT2D eigenvalue weighted by atomic mass is 10.1. The number of nitriles is 1. The Morgan fingerprint density at radius 2 is 1.71 bits per heavy atom. The molecule has 0 aromatic heterocycles. The Kier molecular flexibility index (Phi) is 4.13. The molecule has 0 N–H and O–H groups in total. The van der Waals surface area contributed by atoms with Gasteiger partial charge in [-0.15, -0.1) is 0 Å². The molecule has 0 atom stereocenters. The molecule has 2 nitrogen and oxygen atoms in total. The van der Waals surface area contributed by atoms with Gasteiger partial charge in [0.25, 0.3) is 0 Å². The molecule has 2 aromatic rings. The molecule has 0 fully saturated rings. The summed E-state index contributed by atoms with van der Waals surface area (Å²) in [7, 11) is 0. The van der Waals surface area contributed by atoms with Crippen LogP contribution in [0.5, 0.6) is 5.75 Å². The van der Waals surface area contributed by atoms with Crippen molar-refractivity contribution < 1.29 is 22.3 Å². The lowest BCUT2D eigenvalue weighted by Gasteiger charge is -2.11. The van der Waals surface area contributed by atoms with Gasteiger partial charge in [0.2, 0.25) is 0 Å². The quantitative estimate of drug-likeness (QED) is 0.791. The summed E-state index contributed by atoms with van der Waals surface area (Å²) in [5.74, 6) is -1.42. The highest BCUT2D eigenvalue weighted by atomic mass is 19.4. The van der Waals surface area contributed by atoms with Crippen LogP contribution in [0.2, 0.25) is 0 Å². The summed E-state index contributed by atoms with van der Waals surface area (Å²) in [5.41, 5.74) is -0.202. The average molecular weight is 295 g/mol. The van der Waals surface area contributed by atoms with E-state index < -0.39 is 17.6 Å². The third kappa shape index (κ3) is 3.72. The van der Waals surface area contributed by atoms with Crippen LogP contribution in [0.25, 0.3) is 0 Å². The molecule has 21 heavy (non-hydrogen) atoms. The maximum Gasteiger partial charge on any atom is 0.419 e. The van der Waals surface area contributed by atoms with E-state index in [0.29, 0.717) is 17.2 Å². The standard InChI is InChI=1S/C15H9F4NO/c16-14-6-5-12(7-13(14)15(17,18)19)21-9-11-3-1-10(8-20)2-4-11/h1-7H,9H2. The minimum Gasteiger partial charge on any atom is -0.489 e. The number of rotatable bonds is 3. The zero-order valence-electron chi connectivity index (χ0n) is 10.6. The van der Waals surface area contributed by atoms with Gasteiger partial charge in [0.1, 0.15) is 18.2 Å². The van der Waals surface area contributed by atoms with Crippen LogP contribution in [-0.2, 0) is 12.8 Å². The number of benzene rings is 2. The number of halogens is 4. The van der Waals surface area contributed by atoms with Gasteiger partial charge >= 0.3 is 6.18 Å². The molecule has 0 heterocycles. The molecule has 0 amide bonds. The van der Waals surface area contributed by atoms with Gasteiger partial charge in [0, 0.05) is 0 Å². The highest BCUT2D eigenvalue weighted by molar-refractivity contribution is 5.33. The third-order valence-corrected chi connectivity index (χ3v) is 2.73. The first-order chi connectivity index (χ1) is 9.90. The molecular formula is C15H9F4NO. The first-order valence-electron chi connectivity index (χ1n) is 5.89. The second kappa shape index (κ2) is 5.83. The average Bonchev–Trinajstić information content (AvgIpc) is 2.45. The normalized spacial score (nSPS) is 11.0. The molecule has 0 aliphatic heterocycles. The van der Waals surface area contributed by atoms with Gasteiger partial charge in [0.15, 0.2) is 0 Å². The largest absolute Gasteiger partial charge is 0.489 e. The summed E-state index contributed by atoms with van der Waals surface area (Å²) in [6, 6.07) is 10.8. The van der Waals surface area contributed by atoms with Crippen LogP contribution in [0.15, 0.2) is 42.5 Å². The van der Waals surface area contributed by atoms with Crippen molar-refractivity contribution in [2.24, 2.45) is 0 Å². The topological polar surface area (TPSA) is 33.0 Å². The Morgan fingerprint density at radius 1 is 1.05 bits per heavy atom. The van der Waals surface area contributed by atoms with Crippen LogP contribution < -0.4 is 4.74 Å². The first kappa shape index (κ1) is 14.9. The van der Waals surface area contributed by atoms with Crippen LogP contribution in [0.1, 0.15) is 16.7 Å². The van der Waals surface area contributed by atoms with Crippen LogP contribution in [-0.4, -0.2) is 0 Å². The third-order valence-electron chi connectivity index (χ3n) is 2.73. The van der Waals surface area contributed by atoms with E-state index in [1.54, 1.807) is 24.3 Å². The molecule has 0 bridgehead atoms. The Balaban J connectivity index is 2.11. The molecule has 0 unspecified atom stereocenters. The summed E-state index contributed by atoms with van der Waals surface area (Å²) < 4.78 is 56.0. The minimum absolute atomic E-state index is 0.0225. The first-order valence-corrected chi connectivity index (χ1v) is 5.89. The number of nitrogens with zero attached hydrogens (tertiary/aromatic N) is 1. The van der Waals surface area contributed by atoms with E-state index >= 15 is 0 Å². The molecule has 108 valence electrons. The van der Waals surface area contributed by atoms with Crippen molar-refractivity contribution in [2.45, 2.75) is 12.8 Å². The van der Waals surface area contributed by atoms with Crippen molar-refractivity contribution >= 4 is 0 Å². The van der Waals surface area contributed by atoms with Gasteiger partial charge in [-0.1, -0.05) is 12.1 Å². The van der Waals surface area contributed by atoms with Gasteiger partial charge in [-0.2, -0.15) is 18.4 Å². The summed E-state index contributed by atoms with van der Waals surface area (Å²) in [5, 5.41) is 8.65. The Hall–Kier alpha value is -2.55. The van der Waals surface area contributed by atoms with E-state index in [2.05, 4.69) is 0 Å². The monoisotopic (exact) mass is 295 g/mol. The van der Waals surface area contributed by atoms with E-state index in [4.69, 9.17) is 10.00 Å². The molecule has 0 spiro atoms. The lowest BCUT2D eigenvalue weighted by Crippen LogP contribution is -2.08. The maximum atomic E-state index is 13.1. The number of hydrogen-bond donors (Lipinski definition) is 0. The van der Waals surface area contributed by atoms with Crippen LogP contribution in [0.3, 0.4) is 0 Å². The zero-order valence-corrected chi connectivity index (χ0v) is 10.6. The van der Waals surface area contributed by atoms with Gasteiger partial charge in [0.05, 0.1) is 17.2 Å². The Bertz CT molecular complexity index is 672. The fourth-order valence-electron chi connectivity index (χ4n) is 1.65. The summed E-state index contributed by atoms with van der Waals surface area (Å²) in [6.07, 6.45) is -4.77. The van der Waals surface area contributed by atoms with E-state index in [0.717, 1.165) is 12.1 Å². The van der Waals surface area contributed by atoms with Gasteiger partial charge in [-0.05, 0) is 35.9 Å². The summed E-state index contributed by atoms with van der Waals surface area (Å²) >= 11 is 0. The fourth-order valence-corrected chi connectivity index (χ4v) is 1.65. The van der Waals surface area contributed by atoms with Crippen LogP contribution >= 0.6 is 0 Å². The molecule has 0 saturated carbocycles.